The molecule has 1 amide bonds. The molecule has 4 nitrogen and oxygen atoms in total. The molecule has 1 aromatic carbocycles. The third-order valence-electron chi connectivity index (χ3n) is 2.70. The van der Waals surface area contributed by atoms with Crippen molar-refractivity contribution in [1.29, 1.82) is 0 Å². The number of carbonyl (C=O) groups is 1. The Hall–Kier alpha value is -1.63. The van der Waals surface area contributed by atoms with Crippen LogP contribution in [0.3, 0.4) is 0 Å². The molecule has 0 aliphatic heterocycles. The number of carbonyl (C=O) groups excluding carboxylic acids is 1. The van der Waals surface area contributed by atoms with Crippen LogP contribution >= 0.6 is 35.6 Å². The number of halogens is 1. The van der Waals surface area contributed by atoms with Crippen LogP contribution in [0.2, 0.25) is 5.02 Å². The number of thiocarbonyl (C=S) groups is 1. The summed E-state index contributed by atoms with van der Waals surface area (Å²) in [6, 6.07) is 13.1. The Balaban J connectivity index is 1.87. The lowest BCUT2D eigenvalue weighted by Crippen LogP contribution is -2.41. The lowest BCUT2D eigenvalue weighted by molar-refractivity contribution is 0.0885. The first-order valence-corrected chi connectivity index (χ1v) is 8.20. The van der Waals surface area contributed by atoms with E-state index in [2.05, 4.69) is 10.4 Å². The van der Waals surface area contributed by atoms with Crippen molar-refractivity contribution >= 4 is 45.8 Å². The summed E-state index contributed by atoms with van der Waals surface area (Å²) in [7, 11) is 1.70. The van der Waals surface area contributed by atoms with E-state index in [1.54, 1.807) is 13.1 Å². The number of nitrogens with zero attached hydrogens (tertiary/aromatic N) is 2. The van der Waals surface area contributed by atoms with Crippen LogP contribution in [0.25, 0.3) is 0 Å². The molecule has 114 valence electrons. The molecule has 0 spiro atoms. The molecule has 0 aliphatic carbocycles. The molecule has 0 saturated carbocycles. The smallest absolute Gasteiger partial charge is 0.272 e. The molecule has 0 bridgehead atoms. The molecule has 0 aliphatic rings. The monoisotopic (exact) mass is 351 g/mol. The fourth-order valence-corrected chi connectivity index (χ4v) is 2.70. The van der Waals surface area contributed by atoms with Crippen molar-refractivity contribution in [2.24, 2.45) is 0 Å². The van der Waals surface area contributed by atoms with Crippen LogP contribution in [-0.4, -0.2) is 27.3 Å². The van der Waals surface area contributed by atoms with Gasteiger partial charge >= 0.3 is 0 Å². The van der Waals surface area contributed by atoms with Crippen LogP contribution < -0.4 is 5.43 Å². The van der Waals surface area contributed by atoms with Gasteiger partial charge in [-0.2, -0.15) is 0 Å². The predicted molar refractivity (Wildman–Crippen MR) is 94.8 cm³/mol. The van der Waals surface area contributed by atoms with Crippen molar-refractivity contribution < 1.29 is 4.79 Å². The van der Waals surface area contributed by atoms with Gasteiger partial charge < -0.3 is 0 Å². The highest BCUT2D eigenvalue weighted by molar-refractivity contribution is 8.22. The number of thioether (sulfide) groups is 1. The van der Waals surface area contributed by atoms with Crippen LogP contribution in [0.15, 0.2) is 48.7 Å². The Morgan fingerprint density at radius 3 is 2.77 bits per heavy atom. The minimum Gasteiger partial charge on any atom is -0.272 e. The summed E-state index contributed by atoms with van der Waals surface area (Å²) in [6.45, 7) is 0. The van der Waals surface area contributed by atoms with Crippen LogP contribution in [0.5, 0.6) is 0 Å². The van der Waals surface area contributed by atoms with Crippen LogP contribution in [0.4, 0.5) is 0 Å². The van der Waals surface area contributed by atoms with Gasteiger partial charge in [-0.05, 0) is 17.7 Å². The van der Waals surface area contributed by atoms with E-state index in [9.17, 15) is 4.79 Å². The Kier molecular flexibility index (Phi) is 6.18. The van der Waals surface area contributed by atoms with E-state index in [0.717, 1.165) is 5.75 Å². The Labute approximate surface area is 143 Å². The van der Waals surface area contributed by atoms with E-state index in [0.29, 0.717) is 9.34 Å². The standard InChI is InChI=1S/C15H14ClN3OS2/c1-19(15(21)22-10-11-5-3-2-4-6-11)18-14(20)13-9-12(16)7-8-17-13/h2-9H,10H2,1H3,(H,18,20). The maximum absolute atomic E-state index is 12.0. The second-order valence-corrected chi connectivity index (χ2v) is 6.45. The van der Waals surface area contributed by atoms with Crippen molar-refractivity contribution in [2.45, 2.75) is 5.75 Å². The second-order valence-electron chi connectivity index (χ2n) is 4.40. The average Bonchev–Trinajstić information content (AvgIpc) is 2.53. The lowest BCUT2D eigenvalue weighted by atomic mass is 10.2. The van der Waals surface area contributed by atoms with E-state index in [1.165, 1.54) is 34.6 Å². The third kappa shape index (κ3) is 4.98. The first-order valence-electron chi connectivity index (χ1n) is 6.43. The van der Waals surface area contributed by atoms with Gasteiger partial charge in [-0.15, -0.1) is 0 Å². The first-order chi connectivity index (χ1) is 10.6. The minimum atomic E-state index is -0.354. The summed E-state index contributed by atoms with van der Waals surface area (Å²) in [5.74, 6) is 0.391. The molecule has 22 heavy (non-hydrogen) atoms. The molecule has 2 aromatic rings. The number of amides is 1. The van der Waals surface area contributed by atoms with Crippen LogP contribution in [0, 0.1) is 0 Å². The molecule has 0 atom stereocenters. The van der Waals surface area contributed by atoms with Gasteiger partial charge in [0.2, 0.25) is 0 Å². The lowest BCUT2D eigenvalue weighted by Gasteiger charge is -2.20. The molecule has 0 radical (unpaired) electrons. The maximum atomic E-state index is 12.0. The minimum absolute atomic E-state index is 0.246. The summed E-state index contributed by atoms with van der Waals surface area (Å²) in [6.07, 6.45) is 1.49. The molecule has 0 fully saturated rings. The molecular weight excluding hydrogens is 338 g/mol. The van der Waals surface area contributed by atoms with E-state index in [4.69, 9.17) is 23.8 Å². The Morgan fingerprint density at radius 2 is 2.09 bits per heavy atom. The molecule has 1 N–H and O–H groups in total. The molecule has 0 saturated heterocycles. The van der Waals surface area contributed by atoms with Gasteiger partial charge in [0.15, 0.2) is 4.32 Å². The van der Waals surface area contributed by atoms with E-state index >= 15 is 0 Å². The average molecular weight is 352 g/mol. The van der Waals surface area contributed by atoms with Crippen LogP contribution in [-0.2, 0) is 5.75 Å². The number of hydrogen-bond donors (Lipinski definition) is 1. The van der Waals surface area contributed by atoms with Crippen molar-refractivity contribution in [2.75, 3.05) is 7.05 Å². The number of nitrogens with one attached hydrogen (secondary N) is 1. The second kappa shape index (κ2) is 8.12. The largest absolute Gasteiger partial charge is 0.288 e. The van der Waals surface area contributed by atoms with Gasteiger partial charge in [-0.3, -0.25) is 20.2 Å². The fraction of sp³-hybridized carbons (Fsp3) is 0.133. The number of benzene rings is 1. The van der Waals surface area contributed by atoms with E-state index < -0.39 is 0 Å². The van der Waals surface area contributed by atoms with Gasteiger partial charge in [0.1, 0.15) is 5.69 Å². The molecule has 2 rings (SSSR count). The fourth-order valence-electron chi connectivity index (χ4n) is 1.60. The van der Waals surface area contributed by atoms with Gasteiger partial charge in [-0.25, -0.2) is 0 Å². The SMILES string of the molecule is CN(NC(=O)c1cc(Cl)ccn1)C(=S)SCc1ccccc1. The van der Waals surface area contributed by atoms with Crippen LogP contribution in [0.1, 0.15) is 16.1 Å². The molecule has 0 unspecified atom stereocenters. The number of rotatable bonds is 3. The Bertz CT molecular complexity index is 667. The summed E-state index contributed by atoms with van der Waals surface area (Å²) in [4.78, 5) is 16.0. The molecule has 1 heterocycles. The summed E-state index contributed by atoms with van der Waals surface area (Å²) in [5, 5.41) is 1.97. The van der Waals surface area contributed by atoms with Crippen molar-refractivity contribution in [3.8, 4) is 0 Å². The van der Waals surface area contributed by atoms with Gasteiger partial charge in [-0.1, -0.05) is 65.9 Å². The normalized spacial score (nSPS) is 10.1. The highest BCUT2D eigenvalue weighted by Gasteiger charge is 2.12. The Morgan fingerprint density at radius 1 is 1.36 bits per heavy atom. The summed E-state index contributed by atoms with van der Waals surface area (Å²) >= 11 is 12.6. The predicted octanol–water partition coefficient (Wildman–Crippen LogP) is 3.53. The molecular formula is C15H14ClN3OS2. The highest BCUT2D eigenvalue weighted by atomic mass is 35.5. The molecule has 7 heteroatoms. The van der Waals surface area contributed by atoms with Crippen molar-refractivity contribution in [3.05, 3.63) is 64.9 Å². The highest BCUT2D eigenvalue weighted by Crippen LogP contribution is 2.15. The number of hydrazine groups is 1. The summed E-state index contributed by atoms with van der Waals surface area (Å²) < 4.78 is 0.569. The topological polar surface area (TPSA) is 45.2 Å². The number of pyridine rings is 1. The zero-order valence-corrected chi connectivity index (χ0v) is 14.2. The number of aromatic nitrogens is 1. The quantitative estimate of drug-likeness (QED) is 0.677. The van der Waals surface area contributed by atoms with E-state index in [-0.39, 0.29) is 11.6 Å². The van der Waals surface area contributed by atoms with Crippen molar-refractivity contribution in [1.82, 2.24) is 15.4 Å². The van der Waals surface area contributed by atoms with Gasteiger partial charge in [0, 0.05) is 24.0 Å². The van der Waals surface area contributed by atoms with Gasteiger partial charge in [0.05, 0.1) is 0 Å². The zero-order valence-electron chi connectivity index (χ0n) is 11.8. The maximum Gasteiger partial charge on any atom is 0.288 e. The number of hydrogen-bond acceptors (Lipinski definition) is 4. The zero-order chi connectivity index (χ0) is 15.9. The van der Waals surface area contributed by atoms with E-state index in [1.807, 2.05) is 30.3 Å². The molecule has 1 aromatic heterocycles. The first kappa shape index (κ1) is 16.7. The van der Waals surface area contributed by atoms with Gasteiger partial charge in [0.25, 0.3) is 5.91 Å². The third-order valence-corrected chi connectivity index (χ3v) is 4.56. The van der Waals surface area contributed by atoms with Crippen molar-refractivity contribution in [3.63, 3.8) is 0 Å². The summed E-state index contributed by atoms with van der Waals surface area (Å²) in [5.41, 5.74) is 4.09.